The monoisotopic (exact) mass is 313 g/mol. The van der Waals surface area contributed by atoms with E-state index < -0.39 is 0 Å². The van der Waals surface area contributed by atoms with E-state index in [0.29, 0.717) is 18.5 Å². The third-order valence-electron chi connectivity index (χ3n) is 4.77. The highest BCUT2D eigenvalue weighted by Gasteiger charge is 2.24. The van der Waals surface area contributed by atoms with Gasteiger partial charge in [0.05, 0.1) is 6.42 Å². The van der Waals surface area contributed by atoms with Crippen LogP contribution >= 0.6 is 0 Å². The maximum atomic E-state index is 12.7. The molecule has 0 saturated carbocycles. The van der Waals surface area contributed by atoms with E-state index in [4.69, 9.17) is 0 Å². The molecule has 0 unspecified atom stereocenters. The van der Waals surface area contributed by atoms with Gasteiger partial charge >= 0.3 is 0 Å². The molecule has 1 aromatic carbocycles. The van der Waals surface area contributed by atoms with E-state index >= 15 is 0 Å². The minimum absolute atomic E-state index is 0.251. The average Bonchev–Trinajstić information content (AvgIpc) is 2.83. The molecule has 23 heavy (non-hydrogen) atoms. The molecule has 3 rings (SSSR count). The third-order valence-corrected chi connectivity index (χ3v) is 4.77. The van der Waals surface area contributed by atoms with Gasteiger partial charge in [-0.25, -0.2) is 0 Å². The largest absolute Gasteiger partial charge is 0.358 e. The van der Waals surface area contributed by atoms with Gasteiger partial charge in [0.2, 0.25) is 5.91 Å². The lowest BCUT2D eigenvalue weighted by atomic mass is 10.0. The molecule has 1 saturated heterocycles. The Morgan fingerprint density at radius 1 is 1.30 bits per heavy atom. The number of hydrogen-bond acceptors (Lipinski definition) is 2. The van der Waals surface area contributed by atoms with E-state index in [-0.39, 0.29) is 5.91 Å². The molecule has 1 aliphatic heterocycles. The predicted molar refractivity (Wildman–Crippen MR) is 94.6 cm³/mol. The van der Waals surface area contributed by atoms with Gasteiger partial charge < -0.3 is 15.2 Å². The first-order chi connectivity index (χ1) is 11.0. The molecule has 0 atom stereocenters. The first-order valence-electron chi connectivity index (χ1n) is 8.64. The number of carbonyl (C=O) groups is 1. The molecule has 4 nitrogen and oxygen atoms in total. The zero-order valence-corrected chi connectivity index (χ0v) is 14.4. The number of nitrogens with one attached hydrogen (secondary N) is 2. The summed E-state index contributed by atoms with van der Waals surface area (Å²) < 4.78 is 0. The Labute approximate surface area is 138 Å². The second-order valence-electron chi connectivity index (χ2n) is 6.93. The van der Waals surface area contributed by atoms with Crippen molar-refractivity contribution in [1.29, 1.82) is 0 Å². The van der Waals surface area contributed by atoms with Gasteiger partial charge in [-0.15, -0.1) is 0 Å². The number of aryl methyl sites for hydroxylation is 1. The van der Waals surface area contributed by atoms with E-state index in [9.17, 15) is 4.79 Å². The van der Waals surface area contributed by atoms with Crippen LogP contribution in [-0.2, 0) is 11.2 Å². The molecule has 1 fully saturated rings. The maximum Gasteiger partial charge on any atom is 0.227 e. The highest BCUT2D eigenvalue weighted by molar-refractivity contribution is 5.90. The van der Waals surface area contributed by atoms with Gasteiger partial charge in [0.1, 0.15) is 0 Å². The molecule has 0 bridgehead atoms. The number of hydrogen-bond donors (Lipinski definition) is 2. The van der Waals surface area contributed by atoms with E-state index in [0.717, 1.165) is 42.7 Å². The van der Waals surface area contributed by atoms with Crippen molar-refractivity contribution in [2.24, 2.45) is 0 Å². The minimum Gasteiger partial charge on any atom is -0.358 e. The van der Waals surface area contributed by atoms with Gasteiger partial charge in [-0.05, 0) is 31.4 Å². The first kappa shape index (κ1) is 16.1. The fourth-order valence-electron chi connectivity index (χ4n) is 3.59. The normalized spacial score (nSPS) is 16.4. The predicted octanol–water partition coefficient (Wildman–Crippen LogP) is 3.01. The van der Waals surface area contributed by atoms with Crippen LogP contribution in [0.15, 0.2) is 24.3 Å². The van der Waals surface area contributed by atoms with Gasteiger partial charge in [0.25, 0.3) is 0 Å². The Balaban J connectivity index is 1.64. The molecule has 2 aromatic rings. The van der Waals surface area contributed by atoms with Crippen LogP contribution in [0.4, 0.5) is 0 Å². The van der Waals surface area contributed by atoms with Crippen LogP contribution in [0.25, 0.3) is 10.9 Å². The van der Waals surface area contributed by atoms with Gasteiger partial charge in [-0.2, -0.15) is 0 Å². The quantitative estimate of drug-likeness (QED) is 0.911. The number of carbonyl (C=O) groups excluding carboxylic acids is 1. The summed E-state index contributed by atoms with van der Waals surface area (Å²) in [7, 11) is 0. The fraction of sp³-hybridized carbons (Fsp3) is 0.526. The smallest absolute Gasteiger partial charge is 0.227 e. The van der Waals surface area contributed by atoms with Crippen LogP contribution in [0, 0.1) is 6.92 Å². The molecular formula is C19H27N3O. The molecule has 2 heterocycles. The van der Waals surface area contributed by atoms with Crippen molar-refractivity contribution in [3.8, 4) is 0 Å². The summed E-state index contributed by atoms with van der Waals surface area (Å²) in [5.41, 5.74) is 3.37. The number of piperidine rings is 1. The van der Waals surface area contributed by atoms with Gasteiger partial charge in [0, 0.05) is 41.8 Å². The lowest BCUT2D eigenvalue weighted by molar-refractivity contribution is -0.131. The van der Waals surface area contributed by atoms with Gasteiger partial charge in [0.15, 0.2) is 0 Å². The number of rotatable bonds is 4. The molecule has 1 aromatic heterocycles. The van der Waals surface area contributed by atoms with E-state index in [1.54, 1.807) is 0 Å². The highest BCUT2D eigenvalue weighted by atomic mass is 16.2. The van der Waals surface area contributed by atoms with Crippen LogP contribution in [0.2, 0.25) is 0 Å². The molecule has 0 spiro atoms. The van der Waals surface area contributed by atoms with Crippen molar-refractivity contribution in [2.45, 2.75) is 52.1 Å². The van der Waals surface area contributed by atoms with E-state index in [1.807, 2.05) is 17.0 Å². The van der Waals surface area contributed by atoms with Gasteiger partial charge in [-0.3, -0.25) is 4.79 Å². The molecule has 1 amide bonds. The fourth-order valence-corrected chi connectivity index (χ4v) is 3.59. The van der Waals surface area contributed by atoms with Gasteiger partial charge in [-0.1, -0.05) is 32.0 Å². The van der Waals surface area contributed by atoms with Crippen LogP contribution in [0.3, 0.4) is 0 Å². The number of amides is 1. The van der Waals surface area contributed by atoms with Crippen molar-refractivity contribution < 1.29 is 4.79 Å². The Morgan fingerprint density at radius 3 is 2.70 bits per heavy atom. The maximum absolute atomic E-state index is 12.7. The first-order valence-corrected chi connectivity index (χ1v) is 8.64. The molecular weight excluding hydrogens is 286 g/mol. The summed E-state index contributed by atoms with van der Waals surface area (Å²) in [5.74, 6) is 0.251. The van der Waals surface area contributed by atoms with Crippen LogP contribution in [0.1, 0.15) is 37.9 Å². The second kappa shape index (κ2) is 6.75. The summed E-state index contributed by atoms with van der Waals surface area (Å²) in [6.07, 6.45) is 2.60. The van der Waals surface area contributed by atoms with Crippen LogP contribution < -0.4 is 5.32 Å². The lowest BCUT2D eigenvalue weighted by Crippen LogP contribution is -2.47. The summed E-state index contributed by atoms with van der Waals surface area (Å²) in [4.78, 5) is 18.1. The minimum atomic E-state index is 0.251. The molecule has 0 aliphatic carbocycles. The SMILES string of the molecule is Cc1[nH]c2ccccc2c1CC(=O)N1CCC(NC(C)C)CC1. The summed E-state index contributed by atoms with van der Waals surface area (Å²) in [6.45, 7) is 8.14. The summed E-state index contributed by atoms with van der Waals surface area (Å²) in [5, 5.41) is 4.75. The standard InChI is InChI=1S/C19H27N3O/c1-13(2)20-15-8-10-22(11-9-15)19(23)12-17-14(3)21-18-7-5-4-6-16(17)18/h4-7,13,15,20-21H,8-12H2,1-3H3. The van der Waals surface area contributed by atoms with Crippen molar-refractivity contribution in [1.82, 2.24) is 15.2 Å². The molecule has 0 radical (unpaired) electrons. The average molecular weight is 313 g/mol. The number of aromatic nitrogens is 1. The summed E-state index contributed by atoms with van der Waals surface area (Å²) >= 11 is 0. The number of benzene rings is 1. The zero-order chi connectivity index (χ0) is 16.4. The topological polar surface area (TPSA) is 48.1 Å². The molecule has 4 heteroatoms. The Hall–Kier alpha value is -1.81. The number of aromatic amines is 1. The Morgan fingerprint density at radius 2 is 2.00 bits per heavy atom. The van der Waals surface area contributed by atoms with Crippen LogP contribution in [0.5, 0.6) is 0 Å². The highest BCUT2D eigenvalue weighted by Crippen LogP contribution is 2.23. The number of nitrogens with zero attached hydrogens (tertiary/aromatic N) is 1. The van der Waals surface area contributed by atoms with Crippen molar-refractivity contribution >= 4 is 16.8 Å². The Bertz CT molecular complexity index is 681. The number of H-pyrrole nitrogens is 1. The summed E-state index contributed by atoms with van der Waals surface area (Å²) in [6, 6.07) is 9.29. The molecule has 124 valence electrons. The molecule has 2 N–H and O–H groups in total. The number of para-hydroxylation sites is 1. The number of likely N-dealkylation sites (tertiary alicyclic amines) is 1. The van der Waals surface area contributed by atoms with Crippen molar-refractivity contribution in [3.05, 3.63) is 35.5 Å². The number of fused-ring (bicyclic) bond motifs is 1. The molecule has 1 aliphatic rings. The van der Waals surface area contributed by atoms with Crippen molar-refractivity contribution in [3.63, 3.8) is 0 Å². The third kappa shape index (κ3) is 3.58. The van der Waals surface area contributed by atoms with E-state index in [2.05, 4.69) is 43.2 Å². The second-order valence-corrected chi connectivity index (χ2v) is 6.93. The zero-order valence-electron chi connectivity index (χ0n) is 14.4. The van der Waals surface area contributed by atoms with Crippen LogP contribution in [-0.4, -0.2) is 41.0 Å². The Kier molecular flexibility index (Phi) is 4.71. The van der Waals surface area contributed by atoms with E-state index in [1.165, 1.54) is 5.39 Å². The lowest BCUT2D eigenvalue weighted by Gasteiger charge is -2.33. The van der Waals surface area contributed by atoms with Crippen molar-refractivity contribution in [2.75, 3.05) is 13.1 Å².